The van der Waals surface area contributed by atoms with Crippen molar-refractivity contribution in [3.05, 3.63) is 109 Å². The van der Waals surface area contributed by atoms with Gasteiger partial charge < -0.3 is 8.96 Å². The van der Waals surface area contributed by atoms with Crippen molar-refractivity contribution in [1.82, 2.24) is 8.96 Å². The lowest BCUT2D eigenvalue weighted by molar-refractivity contribution is 1.22. The van der Waals surface area contributed by atoms with Gasteiger partial charge in [-0.1, -0.05) is 90.3 Å². The third-order valence-electron chi connectivity index (χ3n) is 9.47. The summed E-state index contributed by atoms with van der Waals surface area (Å²) in [7, 11) is 0. The fourth-order valence-electron chi connectivity index (χ4n) is 7.93. The van der Waals surface area contributed by atoms with Gasteiger partial charge in [0.25, 0.3) is 0 Å². The maximum Gasteiger partial charge on any atom is 0.330 e. The van der Waals surface area contributed by atoms with E-state index in [1.807, 2.05) is 23.5 Å². The third kappa shape index (κ3) is 2.33. The Hall–Kier alpha value is -3.99. The summed E-state index contributed by atoms with van der Waals surface area (Å²) in [6.07, 6.45) is 4.62. The van der Waals surface area contributed by atoms with Gasteiger partial charge >= 0.3 is 13.7 Å². The summed E-state index contributed by atoms with van der Waals surface area (Å²) in [6.45, 7) is 0.365. The van der Waals surface area contributed by atoms with Crippen molar-refractivity contribution >= 4 is 80.9 Å². The van der Waals surface area contributed by atoms with Crippen molar-refractivity contribution in [2.24, 2.45) is 0 Å². The van der Waals surface area contributed by atoms with Crippen molar-refractivity contribution in [3.8, 4) is 22.3 Å². The first-order valence-corrected chi connectivity index (χ1v) is 15.5. The van der Waals surface area contributed by atoms with E-state index in [0.717, 1.165) is 0 Å². The predicted octanol–water partition coefficient (Wildman–Crippen LogP) is 5.79. The van der Waals surface area contributed by atoms with E-state index >= 15 is 0 Å². The molecular weight excluding hydrogens is 522 g/mol. The number of benzene rings is 5. The van der Waals surface area contributed by atoms with E-state index in [1.54, 1.807) is 0 Å². The first-order valence-electron chi connectivity index (χ1n) is 13.8. The monoisotopic (exact) mass is 540 g/mol. The summed E-state index contributed by atoms with van der Waals surface area (Å²) >= 11 is 3.90. The summed E-state index contributed by atoms with van der Waals surface area (Å²) in [5.41, 5.74) is 14.0. The Bertz CT molecular complexity index is 2160. The first kappa shape index (κ1) is 20.8. The molecule has 0 bridgehead atoms. The number of para-hydroxylation sites is 2. The smallest absolute Gasteiger partial charge is 0.330 e. The molecule has 0 aliphatic carbocycles. The van der Waals surface area contributed by atoms with Crippen molar-refractivity contribution in [1.29, 1.82) is 0 Å². The molecule has 0 saturated carbocycles. The van der Waals surface area contributed by atoms with E-state index in [-0.39, 0.29) is 13.7 Å². The van der Waals surface area contributed by atoms with Crippen molar-refractivity contribution < 1.29 is 0 Å². The molecule has 0 amide bonds. The van der Waals surface area contributed by atoms with Gasteiger partial charge in [0.15, 0.2) is 0 Å². The van der Waals surface area contributed by atoms with Crippen molar-refractivity contribution in [3.63, 3.8) is 0 Å². The first-order chi connectivity index (χ1) is 19.8. The summed E-state index contributed by atoms with van der Waals surface area (Å²) in [4.78, 5) is 5.54. The highest BCUT2D eigenvalue weighted by Gasteiger charge is 2.43. The van der Waals surface area contributed by atoms with Crippen LogP contribution in [0, 0.1) is 0 Å². The lowest BCUT2D eigenvalue weighted by Crippen LogP contribution is -2.59. The van der Waals surface area contributed by atoms with E-state index in [1.165, 1.54) is 85.5 Å². The van der Waals surface area contributed by atoms with Crippen molar-refractivity contribution in [2.45, 2.75) is 19.6 Å². The van der Waals surface area contributed by atoms with Crippen LogP contribution < -0.4 is 21.9 Å². The molecule has 0 N–H and O–H groups in total. The number of fused-ring (bicyclic) bond motifs is 8. The van der Waals surface area contributed by atoms with Crippen LogP contribution >= 0.6 is 23.5 Å². The van der Waals surface area contributed by atoms with E-state index < -0.39 is 0 Å². The molecule has 0 fully saturated rings. The highest BCUT2D eigenvalue weighted by Crippen LogP contribution is 2.43. The van der Waals surface area contributed by atoms with Gasteiger partial charge in [-0.2, -0.15) is 0 Å². The minimum absolute atomic E-state index is 0.183. The van der Waals surface area contributed by atoms with Gasteiger partial charge in [-0.25, -0.2) is 0 Å². The normalized spacial score (nSPS) is 14.7. The molecule has 5 aromatic carbocycles. The largest absolute Gasteiger partial charge is 0.382 e. The van der Waals surface area contributed by atoms with Crippen LogP contribution in [0.2, 0.25) is 0 Å². The van der Waals surface area contributed by atoms with Gasteiger partial charge in [0, 0.05) is 41.7 Å². The molecule has 0 saturated heterocycles. The molecule has 0 spiro atoms. The van der Waals surface area contributed by atoms with Gasteiger partial charge in [0.1, 0.15) is 0 Å². The van der Waals surface area contributed by atoms with Crippen LogP contribution in [-0.2, 0) is 0 Å². The molecule has 6 heterocycles. The van der Waals surface area contributed by atoms with Gasteiger partial charge in [-0.05, 0) is 86.5 Å². The Kier molecular flexibility index (Phi) is 3.65. The molecule has 2 aromatic heterocycles. The Morgan fingerprint density at radius 3 is 1.45 bits per heavy atom. The number of hydrogen-bond acceptors (Lipinski definition) is 2. The predicted molar refractivity (Wildman–Crippen MR) is 170 cm³/mol. The van der Waals surface area contributed by atoms with Crippen LogP contribution in [0.25, 0.3) is 44.1 Å². The average Bonchev–Trinajstić information content (AvgIpc) is 3.62. The minimum atomic E-state index is 0.183. The van der Waals surface area contributed by atoms with Crippen LogP contribution in [-0.4, -0.2) is 22.7 Å². The molecule has 182 valence electrons. The Labute approximate surface area is 240 Å². The Morgan fingerprint density at radius 2 is 0.925 bits per heavy atom. The van der Waals surface area contributed by atoms with Gasteiger partial charge in [-0.15, -0.1) is 0 Å². The second-order valence-electron chi connectivity index (χ2n) is 11.3. The van der Waals surface area contributed by atoms with Crippen molar-refractivity contribution in [2.75, 3.05) is 0 Å². The molecule has 11 rings (SSSR count). The maximum absolute atomic E-state index is 2.57. The zero-order chi connectivity index (χ0) is 25.7. The second kappa shape index (κ2) is 7.01. The summed E-state index contributed by atoms with van der Waals surface area (Å²) in [6, 6.07) is 36.9. The SMILES string of the molecule is c1cc2c3c(c1)-c1cccc4ccn(c14)B3c1cc3c(cc1S2)Sc1cccc2c1B3n1ccc3cccc-2c31. The quantitative estimate of drug-likeness (QED) is 0.225. The molecular formula is C34H18B2N2S2. The van der Waals surface area contributed by atoms with E-state index in [4.69, 9.17) is 0 Å². The standard InChI is InChI=1S/C34H18B2N2S2/c1-5-19-13-15-37-33(19)23(9-1)21-7-3-11-27-31(21)35(37)25-17-26-30(18-29(25)39-27)40-28-12-4-8-22-24-10-2-6-20-14-16-38(34(20)24)36(26)32(22)28/h1-18H. The van der Waals surface area contributed by atoms with E-state index in [0.29, 0.717) is 0 Å². The van der Waals surface area contributed by atoms with Gasteiger partial charge in [-0.3, -0.25) is 0 Å². The van der Waals surface area contributed by atoms with Crippen LogP contribution in [0.15, 0.2) is 129 Å². The molecule has 4 aliphatic heterocycles. The number of aromatic nitrogens is 2. The molecule has 7 aromatic rings. The average molecular weight is 540 g/mol. The van der Waals surface area contributed by atoms with E-state index in [9.17, 15) is 0 Å². The molecule has 2 nitrogen and oxygen atoms in total. The van der Waals surface area contributed by atoms with Crippen LogP contribution in [0.4, 0.5) is 0 Å². The highest BCUT2D eigenvalue weighted by atomic mass is 32.2. The molecule has 40 heavy (non-hydrogen) atoms. The summed E-state index contributed by atoms with van der Waals surface area (Å²) in [5, 5.41) is 2.64. The fraction of sp³-hybridized carbons (Fsp3) is 0. The lowest BCUT2D eigenvalue weighted by atomic mass is 9.43. The third-order valence-corrected chi connectivity index (χ3v) is 11.8. The summed E-state index contributed by atoms with van der Waals surface area (Å²) < 4.78 is 5.08. The highest BCUT2D eigenvalue weighted by molar-refractivity contribution is 8.01. The second-order valence-corrected chi connectivity index (χ2v) is 13.5. The molecule has 0 radical (unpaired) electrons. The molecule has 4 aliphatic rings. The number of rotatable bonds is 0. The zero-order valence-electron chi connectivity index (χ0n) is 21.3. The molecule has 6 heteroatoms. The minimum Gasteiger partial charge on any atom is -0.382 e. The van der Waals surface area contributed by atoms with Crippen LogP contribution in [0.5, 0.6) is 0 Å². The Morgan fingerprint density at radius 1 is 0.450 bits per heavy atom. The maximum atomic E-state index is 2.57. The number of nitrogens with zero attached hydrogens (tertiary/aromatic N) is 2. The number of hydrogen-bond donors (Lipinski definition) is 0. The topological polar surface area (TPSA) is 9.86 Å². The molecule has 0 atom stereocenters. The Balaban J connectivity index is 1.23. The fourth-order valence-corrected chi connectivity index (χ4v) is 10.4. The summed E-state index contributed by atoms with van der Waals surface area (Å²) in [5.74, 6) is 0. The molecule has 0 unspecified atom stereocenters. The van der Waals surface area contributed by atoms with Gasteiger partial charge in [0.05, 0.1) is 0 Å². The van der Waals surface area contributed by atoms with Crippen LogP contribution in [0.1, 0.15) is 0 Å². The van der Waals surface area contributed by atoms with E-state index in [2.05, 4.69) is 118 Å². The van der Waals surface area contributed by atoms with Gasteiger partial charge in [0.2, 0.25) is 0 Å². The zero-order valence-corrected chi connectivity index (χ0v) is 22.9. The lowest BCUT2D eigenvalue weighted by Gasteiger charge is -2.36. The van der Waals surface area contributed by atoms with Crippen LogP contribution in [0.3, 0.4) is 0 Å².